The van der Waals surface area contributed by atoms with Crippen LogP contribution < -0.4 is 10.6 Å². The number of amides is 2. The molecule has 0 saturated carbocycles. The Morgan fingerprint density at radius 1 is 1.25 bits per heavy atom. The van der Waals surface area contributed by atoms with Crippen molar-refractivity contribution in [3.63, 3.8) is 0 Å². The van der Waals surface area contributed by atoms with Gasteiger partial charge in [0, 0.05) is 18.4 Å². The van der Waals surface area contributed by atoms with Gasteiger partial charge in [-0.3, -0.25) is 0 Å². The van der Waals surface area contributed by atoms with Crippen LogP contribution in [0.3, 0.4) is 0 Å². The van der Waals surface area contributed by atoms with Crippen molar-refractivity contribution in [1.82, 2.24) is 29.9 Å². The SMILES string of the molecule is Cc1cc(C)n(-c2cccc(NC(=O)NCc3nncn3C)c2)n1. The molecule has 0 aliphatic rings. The molecule has 2 heterocycles. The first-order valence-electron chi connectivity index (χ1n) is 7.54. The van der Waals surface area contributed by atoms with Crippen molar-refractivity contribution in [2.45, 2.75) is 20.4 Å². The average molecular weight is 325 g/mol. The molecule has 3 aromatic rings. The summed E-state index contributed by atoms with van der Waals surface area (Å²) in [5.74, 6) is 0.682. The van der Waals surface area contributed by atoms with Gasteiger partial charge in [0.25, 0.3) is 0 Å². The summed E-state index contributed by atoms with van der Waals surface area (Å²) in [5, 5.41) is 17.7. The van der Waals surface area contributed by atoms with Crippen LogP contribution in [0, 0.1) is 13.8 Å². The number of anilines is 1. The number of urea groups is 1. The summed E-state index contributed by atoms with van der Waals surface area (Å²) >= 11 is 0. The van der Waals surface area contributed by atoms with Crippen LogP contribution in [-0.2, 0) is 13.6 Å². The van der Waals surface area contributed by atoms with E-state index in [2.05, 4.69) is 25.9 Å². The van der Waals surface area contributed by atoms with E-state index in [-0.39, 0.29) is 6.03 Å². The van der Waals surface area contributed by atoms with Gasteiger partial charge in [-0.25, -0.2) is 9.48 Å². The van der Waals surface area contributed by atoms with Gasteiger partial charge in [-0.1, -0.05) is 6.07 Å². The highest BCUT2D eigenvalue weighted by atomic mass is 16.2. The van der Waals surface area contributed by atoms with E-state index in [0.29, 0.717) is 18.1 Å². The summed E-state index contributed by atoms with van der Waals surface area (Å²) in [6, 6.07) is 9.24. The highest BCUT2D eigenvalue weighted by Crippen LogP contribution is 2.16. The Balaban J connectivity index is 1.67. The maximum atomic E-state index is 12.0. The van der Waals surface area contributed by atoms with Gasteiger partial charge >= 0.3 is 6.03 Å². The van der Waals surface area contributed by atoms with Crippen molar-refractivity contribution in [1.29, 1.82) is 0 Å². The minimum absolute atomic E-state index is 0.302. The Hall–Kier alpha value is -3.16. The summed E-state index contributed by atoms with van der Waals surface area (Å²) in [6.07, 6.45) is 1.59. The van der Waals surface area contributed by atoms with E-state index in [4.69, 9.17) is 0 Å². The molecule has 8 nitrogen and oxygen atoms in total. The Labute approximate surface area is 139 Å². The van der Waals surface area contributed by atoms with Crippen LogP contribution in [0.25, 0.3) is 5.69 Å². The van der Waals surface area contributed by atoms with Crippen molar-refractivity contribution >= 4 is 11.7 Å². The molecule has 0 spiro atoms. The van der Waals surface area contributed by atoms with Crippen LogP contribution in [0.5, 0.6) is 0 Å². The van der Waals surface area contributed by atoms with Gasteiger partial charge in [0.05, 0.1) is 17.9 Å². The predicted molar refractivity (Wildman–Crippen MR) is 89.9 cm³/mol. The largest absolute Gasteiger partial charge is 0.331 e. The van der Waals surface area contributed by atoms with Gasteiger partial charge in [0.2, 0.25) is 0 Å². The quantitative estimate of drug-likeness (QED) is 0.767. The number of hydrogen-bond acceptors (Lipinski definition) is 4. The number of nitrogens with one attached hydrogen (secondary N) is 2. The lowest BCUT2D eigenvalue weighted by molar-refractivity contribution is 0.251. The maximum Gasteiger partial charge on any atom is 0.319 e. The monoisotopic (exact) mass is 325 g/mol. The zero-order chi connectivity index (χ0) is 17.1. The minimum atomic E-state index is -0.302. The van der Waals surface area contributed by atoms with Crippen molar-refractivity contribution < 1.29 is 4.79 Å². The molecule has 0 unspecified atom stereocenters. The molecule has 0 fully saturated rings. The fraction of sp³-hybridized carbons (Fsp3) is 0.250. The van der Waals surface area contributed by atoms with Crippen molar-refractivity contribution in [2.75, 3.05) is 5.32 Å². The molecule has 2 N–H and O–H groups in total. The number of carbonyl (C=O) groups excluding carboxylic acids is 1. The van der Waals surface area contributed by atoms with E-state index in [0.717, 1.165) is 17.1 Å². The van der Waals surface area contributed by atoms with Crippen LogP contribution in [-0.4, -0.2) is 30.6 Å². The van der Waals surface area contributed by atoms with Crippen LogP contribution in [0.2, 0.25) is 0 Å². The molecule has 8 heteroatoms. The van der Waals surface area contributed by atoms with Gasteiger partial charge in [0.1, 0.15) is 6.33 Å². The third-order valence-corrected chi connectivity index (χ3v) is 3.57. The van der Waals surface area contributed by atoms with Gasteiger partial charge in [-0.05, 0) is 38.1 Å². The molecular weight excluding hydrogens is 306 g/mol. The topological polar surface area (TPSA) is 89.7 Å². The summed E-state index contributed by atoms with van der Waals surface area (Å²) in [7, 11) is 1.83. The summed E-state index contributed by atoms with van der Waals surface area (Å²) in [5.41, 5.74) is 3.57. The summed E-state index contributed by atoms with van der Waals surface area (Å²) in [4.78, 5) is 12.0. The van der Waals surface area contributed by atoms with E-state index in [1.807, 2.05) is 55.9 Å². The first-order chi connectivity index (χ1) is 11.5. The van der Waals surface area contributed by atoms with E-state index in [1.54, 1.807) is 10.9 Å². The maximum absolute atomic E-state index is 12.0. The van der Waals surface area contributed by atoms with Crippen LogP contribution in [0.15, 0.2) is 36.7 Å². The Morgan fingerprint density at radius 2 is 2.08 bits per heavy atom. The molecule has 0 aliphatic carbocycles. The normalized spacial score (nSPS) is 10.6. The summed E-state index contributed by atoms with van der Waals surface area (Å²) < 4.78 is 3.60. The Kier molecular flexibility index (Phi) is 4.28. The molecule has 2 amide bonds. The van der Waals surface area contributed by atoms with Crippen molar-refractivity contribution in [3.05, 3.63) is 53.9 Å². The highest BCUT2D eigenvalue weighted by molar-refractivity contribution is 5.89. The first kappa shape index (κ1) is 15.7. The zero-order valence-corrected chi connectivity index (χ0v) is 13.8. The Morgan fingerprint density at radius 3 is 2.75 bits per heavy atom. The molecular formula is C16H19N7O. The lowest BCUT2D eigenvalue weighted by Gasteiger charge is -2.10. The smallest absolute Gasteiger partial charge is 0.319 e. The van der Waals surface area contributed by atoms with E-state index in [1.165, 1.54) is 0 Å². The van der Waals surface area contributed by atoms with Gasteiger partial charge in [-0.2, -0.15) is 5.10 Å². The molecule has 3 rings (SSSR count). The summed E-state index contributed by atoms with van der Waals surface area (Å²) in [6.45, 7) is 4.25. The number of aryl methyl sites for hydroxylation is 3. The third-order valence-electron chi connectivity index (χ3n) is 3.57. The fourth-order valence-corrected chi connectivity index (χ4v) is 2.41. The minimum Gasteiger partial charge on any atom is -0.331 e. The number of benzene rings is 1. The molecule has 0 aliphatic heterocycles. The second-order valence-electron chi connectivity index (χ2n) is 5.55. The lowest BCUT2D eigenvalue weighted by Crippen LogP contribution is -2.29. The second kappa shape index (κ2) is 6.53. The van der Waals surface area contributed by atoms with Crippen LogP contribution in [0.1, 0.15) is 17.2 Å². The van der Waals surface area contributed by atoms with E-state index in [9.17, 15) is 4.79 Å². The predicted octanol–water partition coefficient (Wildman–Crippen LogP) is 1.94. The van der Waals surface area contributed by atoms with E-state index >= 15 is 0 Å². The number of rotatable bonds is 4. The van der Waals surface area contributed by atoms with E-state index < -0.39 is 0 Å². The lowest BCUT2D eigenvalue weighted by atomic mass is 10.2. The number of carbonyl (C=O) groups is 1. The average Bonchev–Trinajstić information content (AvgIpc) is 3.10. The van der Waals surface area contributed by atoms with Gasteiger partial charge in [0.15, 0.2) is 5.82 Å². The van der Waals surface area contributed by atoms with Crippen molar-refractivity contribution in [3.8, 4) is 5.69 Å². The van der Waals surface area contributed by atoms with Crippen LogP contribution in [0.4, 0.5) is 10.5 Å². The molecule has 0 radical (unpaired) electrons. The number of nitrogens with zero attached hydrogens (tertiary/aromatic N) is 5. The fourth-order valence-electron chi connectivity index (χ4n) is 2.41. The zero-order valence-electron chi connectivity index (χ0n) is 13.8. The van der Waals surface area contributed by atoms with Gasteiger partial charge in [-0.15, -0.1) is 10.2 Å². The molecule has 24 heavy (non-hydrogen) atoms. The molecule has 124 valence electrons. The Bertz CT molecular complexity index is 865. The second-order valence-corrected chi connectivity index (χ2v) is 5.55. The molecule has 0 atom stereocenters. The first-order valence-corrected chi connectivity index (χ1v) is 7.54. The molecule has 1 aromatic carbocycles. The molecule has 0 saturated heterocycles. The highest BCUT2D eigenvalue weighted by Gasteiger charge is 2.07. The molecule has 0 bridgehead atoms. The number of aromatic nitrogens is 5. The van der Waals surface area contributed by atoms with Gasteiger partial charge < -0.3 is 15.2 Å². The van der Waals surface area contributed by atoms with Crippen molar-refractivity contribution in [2.24, 2.45) is 7.05 Å². The third kappa shape index (κ3) is 3.43. The van der Waals surface area contributed by atoms with Crippen LogP contribution >= 0.6 is 0 Å². The number of hydrogen-bond donors (Lipinski definition) is 2. The standard InChI is InChI=1S/C16H19N7O/c1-11-7-12(2)23(21-11)14-6-4-5-13(8-14)19-16(24)17-9-15-20-18-10-22(15)3/h4-8,10H,9H2,1-3H3,(H2,17,19,24). The molecule has 2 aromatic heterocycles.